The van der Waals surface area contributed by atoms with Gasteiger partial charge in [0.25, 0.3) is 0 Å². The van der Waals surface area contributed by atoms with Crippen molar-refractivity contribution in [3.05, 3.63) is 63.4 Å². The lowest BCUT2D eigenvalue weighted by Gasteiger charge is -2.25. The Labute approximate surface area is 133 Å². The number of nitrogens with zero attached hydrogens (tertiary/aromatic N) is 1. The molecule has 2 nitrogen and oxygen atoms in total. The number of hydrogen-bond acceptors (Lipinski definition) is 2. The third-order valence-corrected chi connectivity index (χ3v) is 4.07. The molecule has 0 radical (unpaired) electrons. The molecule has 0 aliphatic rings. The average molecular weight is 351 g/mol. The van der Waals surface area contributed by atoms with Crippen molar-refractivity contribution in [2.45, 2.75) is 26.4 Å². The van der Waals surface area contributed by atoms with Gasteiger partial charge in [-0.2, -0.15) is 0 Å². The fraction of sp³-hybridized carbons (Fsp3) is 0.294. The molecule has 112 valence electrons. The van der Waals surface area contributed by atoms with Crippen molar-refractivity contribution in [1.29, 1.82) is 0 Å². The third-order valence-electron chi connectivity index (χ3n) is 3.54. The van der Waals surface area contributed by atoms with Gasteiger partial charge in [-0.25, -0.2) is 4.39 Å². The zero-order valence-electron chi connectivity index (χ0n) is 12.5. The molecular formula is C17H20BrFN2. The number of nitrogens with two attached hydrogens (primary N) is 1. The largest absolute Gasteiger partial charge is 0.370 e. The standard InChI is InChI=1S/C17H20BrFN2/c1-11-8-17(15(12(2)20)9-16(11)19)21(3)10-13-4-6-14(18)7-5-13/h4-9,12H,10,20H2,1-3H3. The van der Waals surface area contributed by atoms with Crippen LogP contribution in [-0.2, 0) is 6.54 Å². The Balaban J connectivity index is 2.31. The molecule has 4 heteroatoms. The van der Waals surface area contributed by atoms with Gasteiger partial charge in [0.1, 0.15) is 5.82 Å². The van der Waals surface area contributed by atoms with E-state index < -0.39 is 0 Å². The van der Waals surface area contributed by atoms with Crippen LogP contribution < -0.4 is 10.6 Å². The van der Waals surface area contributed by atoms with Gasteiger partial charge in [-0.15, -0.1) is 0 Å². The van der Waals surface area contributed by atoms with Gasteiger partial charge >= 0.3 is 0 Å². The Hall–Kier alpha value is -1.39. The van der Waals surface area contributed by atoms with E-state index in [0.29, 0.717) is 5.56 Å². The predicted molar refractivity (Wildman–Crippen MR) is 90.0 cm³/mol. The summed E-state index contributed by atoms with van der Waals surface area (Å²) in [6.45, 7) is 4.40. The number of benzene rings is 2. The second-order valence-electron chi connectivity index (χ2n) is 5.43. The molecule has 0 amide bonds. The number of hydrogen-bond donors (Lipinski definition) is 1. The van der Waals surface area contributed by atoms with E-state index in [1.807, 2.05) is 32.2 Å². The van der Waals surface area contributed by atoms with Gasteiger partial charge in [-0.3, -0.25) is 0 Å². The molecule has 0 aliphatic heterocycles. The van der Waals surface area contributed by atoms with Crippen LogP contribution >= 0.6 is 15.9 Å². The Morgan fingerprint density at radius 1 is 1.24 bits per heavy atom. The van der Waals surface area contributed by atoms with Crippen molar-refractivity contribution in [2.24, 2.45) is 5.73 Å². The van der Waals surface area contributed by atoms with Gasteiger partial charge in [0.2, 0.25) is 0 Å². The van der Waals surface area contributed by atoms with Crippen LogP contribution in [0.1, 0.15) is 29.7 Å². The quantitative estimate of drug-likeness (QED) is 0.876. The molecule has 0 aliphatic carbocycles. The molecule has 0 heterocycles. The maximum atomic E-state index is 13.8. The summed E-state index contributed by atoms with van der Waals surface area (Å²) in [4.78, 5) is 2.11. The van der Waals surface area contributed by atoms with E-state index in [1.54, 1.807) is 13.0 Å². The summed E-state index contributed by atoms with van der Waals surface area (Å²) >= 11 is 3.43. The molecule has 1 unspecified atom stereocenters. The van der Waals surface area contributed by atoms with E-state index in [-0.39, 0.29) is 11.9 Å². The van der Waals surface area contributed by atoms with Crippen LogP contribution in [0.25, 0.3) is 0 Å². The molecule has 1 atom stereocenters. The Bertz CT molecular complexity index is 623. The first-order chi connectivity index (χ1) is 9.88. The highest BCUT2D eigenvalue weighted by Crippen LogP contribution is 2.28. The molecule has 0 bridgehead atoms. The minimum atomic E-state index is -0.206. The first kappa shape index (κ1) is 16.0. The summed E-state index contributed by atoms with van der Waals surface area (Å²) in [6, 6.07) is 11.4. The molecule has 21 heavy (non-hydrogen) atoms. The maximum absolute atomic E-state index is 13.8. The SMILES string of the molecule is Cc1cc(N(C)Cc2ccc(Br)cc2)c(C(C)N)cc1F. The zero-order valence-corrected chi connectivity index (χ0v) is 14.1. The van der Waals surface area contributed by atoms with Crippen molar-refractivity contribution < 1.29 is 4.39 Å². The van der Waals surface area contributed by atoms with Crippen LogP contribution in [0.2, 0.25) is 0 Å². The molecule has 2 rings (SSSR count). The molecule has 2 N–H and O–H groups in total. The van der Waals surface area contributed by atoms with Gasteiger partial charge in [0, 0.05) is 29.8 Å². The first-order valence-electron chi connectivity index (χ1n) is 6.89. The highest BCUT2D eigenvalue weighted by molar-refractivity contribution is 9.10. The van der Waals surface area contributed by atoms with Crippen LogP contribution in [0.3, 0.4) is 0 Å². The van der Waals surface area contributed by atoms with Crippen LogP contribution in [0.5, 0.6) is 0 Å². The van der Waals surface area contributed by atoms with E-state index in [2.05, 4.69) is 33.0 Å². The highest BCUT2D eigenvalue weighted by Gasteiger charge is 2.14. The number of rotatable bonds is 4. The Morgan fingerprint density at radius 3 is 2.43 bits per heavy atom. The molecule has 0 spiro atoms. The van der Waals surface area contributed by atoms with Crippen LogP contribution in [0.15, 0.2) is 40.9 Å². The van der Waals surface area contributed by atoms with Gasteiger partial charge in [0.15, 0.2) is 0 Å². The van der Waals surface area contributed by atoms with Gasteiger partial charge < -0.3 is 10.6 Å². The zero-order chi connectivity index (χ0) is 15.6. The minimum Gasteiger partial charge on any atom is -0.370 e. The summed E-state index contributed by atoms with van der Waals surface area (Å²) in [5, 5.41) is 0. The van der Waals surface area contributed by atoms with E-state index in [9.17, 15) is 4.39 Å². The summed E-state index contributed by atoms with van der Waals surface area (Å²) in [7, 11) is 2.00. The second kappa shape index (κ2) is 6.58. The first-order valence-corrected chi connectivity index (χ1v) is 7.69. The fourth-order valence-electron chi connectivity index (χ4n) is 2.33. The van der Waals surface area contributed by atoms with E-state index in [4.69, 9.17) is 5.73 Å². The van der Waals surface area contributed by atoms with Crippen molar-refractivity contribution in [3.63, 3.8) is 0 Å². The molecule has 0 fully saturated rings. The number of aryl methyl sites for hydroxylation is 1. The Kier molecular flexibility index (Phi) is 5.01. The summed E-state index contributed by atoms with van der Waals surface area (Å²) in [5.41, 5.74) is 9.62. The Morgan fingerprint density at radius 2 is 1.86 bits per heavy atom. The van der Waals surface area contributed by atoms with Crippen molar-refractivity contribution in [3.8, 4) is 0 Å². The number of halogens is 2. The van der Waals surface area contributed by atoms with Gasteiger partial charge in [0.05, 0.1) is 0 Å². The summed E-state index contributed by atoms with van der Waals surface area (Å²) < 4.78 is 14.8. The van der Waals surface area contributed by atoms with E-state index >= 15 is 0 Å². The van der Waals surface area contributed by atoms with Gasteiger partial charge in [-0.05, 0) is 54.8 Å². The topological polar surface area (TPSA) is 29.3 Å². The normalized spacial score (nSPS) is 12.3. The maximum Gasteiger partial charge on any atom is 0.126 e. The molecule has 2 aromatic rings. The highest BCUT2D eigenvalue weighted by atomic mass is 79.9. The van der Waals surface area contributed by atoms with Crippen LogP contribution in [0, 0.1) is 12.7 Å². The molecular weight excluding hydrogens is 331 g/mol. The summed E-state index contributed by atoms with van der Waals surface area (Å²) in [5.74, 6) is -0.205. The van der Waals surface area contributed by atoms with Crippen molar-refractivity contribution >= 4 is 21.6 Å². The van der Waals surface area contributed by atoms with E-state index in [1.165, 1.54) is 5.56 Å². The van der Waals surface area contributed by atoms with Crippen LogP contribution in [0.4, 0.5) is 10.1 Å². The van der Waals surface area contributed by atoms with Crippen LogP contribution in [-0.4, -0.2) is 7.05 Å². The lowest BCUT2D eigenvalue weighted by molar-refractivity contribution is 0.612. The third kappa shape index (κ3) is 3.83. The monoisotopic (exact) mass is 350 g/mol. The predicted octanol–water partition coefficient (Wildman–Crippen LogP) is 4.55. The number of anilines is 1. The molecule has 0 aromatic heterocycles. The lowest BCUT2D eigenvalue weighted by Crippen LogP contribution is -2.20. The van der Waals surface area contributed by atoms with Gasteiger partial charge in [-0.1, -0.05) is 28.1 Å². The van der Waals surface area contributed by atoms with E-state index in [0.717, 1.165) is 22.3 Å². The van der Waals surface area contributed by atoms with Crippen molar-refractivity contribution in [1.82, 2.24) is 0 Å². The molecule has 2 aromatic carbocycles. The lowest BCUT2D eigenvalue weighted by atomic mass is 10.0. The smallest absolute Gasteiger partial charge is 0.126 e. The second-order valence-corrected chi connectivity index (χ2v) is 6.35. The van der Waals surface area contributed by atoms with Crippen molar-refractivity contribution in [2.75, 3.05) is 11.9 Å². The molecule has 0 saturated carbocycles. The molecule has 0 saturated heterocycles. The summed E-state index contributed by atoms with van der Waals surface area (Å²) in [6.07, 6.45) is 0. The average Bonchev–Trinajstić information content (AvgIpc) is 2.43. The minimum absolute atomic E-state index is 0.205. The fourth-order valence-corrected chi connectivity index (χ4v) is 2.59.